The molecule has 2 saturated heterocycles. The lowest BCUT2D eigenvalue weighted by Crippen LogP contribution is -2.48. The second-order valence-electron chi connectivity index (χ2n) is 18.3. The van der Waals surface area contributed by atoms with Crippen molar-refractivity contribution < 1.29 is 47.6 Å². The molecule has 26 nitrogen and oxygen atoms in total. The monoisotopic (exact) mass is 1190 g/mol. The second kappa shape index (κ2) is 25.1. The molecule has 0 aliphatic carbocycles. The van der Waals surface area contributed by atoms with E-state index in [1.165, 1.54) is 60.2 Å². The molecular formula is C51H54Cl4N16O10. The van der Waals surface area contributed by atoms with E-state index in [-0.39, 0.29) is 106 Å². The molecule has 4 atom stereocenters. The fourth-order valence-electron chi connectivity index (χ4n) is 9.18. The van der Waals surface area contributed by atoms with Crippen LogP contribution in [0.1, 0.15) is 22.4 Å². The highest BCUT2D eigenvalue weighted by atomic mass is 35.5. The maximum Gasteiger partial charge on any atom is 0.330 e. The number of nitrogens with zero attached hydrogens (tertiary/aromatic N) is 11. The Morgan fingerprint density at radius 2 is 1.11 bits per heavy atom. The van der Waals surface area contributed by atoms with Gasteiger partial charge in [-0.15, -0.1) is 0 Å². The van der Waals surface area contributed by atoms with Crippen molar-refractivity contribution in [2.24, 2.45) is 7.05 Å². The number of benzene rings is 2. The molecule has 6 amide bonds. The summed E-state index contributed by atoms with van der Waals surface area (Å²) in [4.78, 5) is 76.0. The highest BCUT2D eigenvalue weighted by Crippen LogP contribution is 2.50. The molecule has 30 heteroatoms. The second-order valence-corrected chi connectivity index (χ2v) is 19.8. The number of aryl methyl sites for hydroxylation is 1. The molecule has 81 heavy (non-hydrogen) atoms. The van der Waals surface area contributed by atoms with Crippen molar-refractivity contribution >= 4 is 105 Å². The van der Waals surface area contributed by atoms with Gasteiger partial charge in [0.25, 0.3) is 0 Å². The number of ether oxygens (including phenoxy) is 6. The first-order valence-corrected chi connectivity index (χ1v) is 26.2. The van der Waals surface area contributed by atoms with Crippen LogP contribution >= 0.6 is 46.4 Å². The summed E-state index contributed by atoms with van der Waals surface area (Å²) >= 11 is 26.7. The van der Waals surface area contributed by atoms with Gasteiger partial charge in [0.05, 0.1) is 128 Å². The van der Waals surface area contributed by atoms with Gasteiger partial charge in [0.15, 0.2) is 0 Å². The molecule has 4 aromatic heterocycles. The molecule has 2 aromatic carbocycles. The predicted molar refractivity (Wildman–Crippen MR) is 301 cm³/mol. The molecular weight excluding hydrogens is 1140 g/mol. The van der Waals surface area contributed by atoms with Crippen LogP contribution in [0.2, 0.25) is 20.1 Å². The number of urea groups is 2. The summed E-state index contributed by atoms with van der Waals surface area (Å²) in [6, 6.07) is 2.85. The number of halogens is 4. The van der Waals surface area contributed by atoms with E-state index < -0.39 is 12.1 Å². The van der Waals surface area contributed by atoms with Gasteiger partial charge in [0.1, 0.15) is 54.7 Å². The van der Waals surface area contributed by atoms with Crippen molar-refractivity contribution in [3.05, 3.63) is 117 Å². The maximum atomic E-state index is 14.1. The molecule has 0 bridgehead atoms. The summed E-state index contributed by atoms with van der Waals surface area (Å²) in [5.41, 5.74) is 3.13. The number of H-pyrrole nitrogens is 1. The molecule has 4 unspecified atom stereocenters. The van der Waals surface area contributed by atoms with Gasteiger partial charge in [-0.3, -0.25) is 39.0 Å². The van der Waals surface area contributed by atoms with Crippen molar-refractivity contribution in [1.29, 1.82) is 0 Å². The van der Waals surface area contributed by atoms with Crippen LogP contribution < -0.4 is 59.8 Å². The lowest BCUT2D eigenvalue weighted by molar-refractivity contribution is -0.118. The number of nitrogens with one attached hydrogen (secondary N) is 5. The molecule has 426 valence electrons. The fraction of sp³-hybridized carbons (Fsp3) is 0.333. The van der Waals surface area contributed by atoms with Crippen LogP contribution in [-0.4, -0.2) is 143 Å². The molecule has 0 spiro atoms. The maximum absolute atomic E-state index is 14.1. The highest BCUT2D eigenvalue weighted by Gasteiger charge is 2.40. The molecule has 2 fully saturated rings. The number of anilines is 6. The van der Waals surface area contributed by atoms with E-state index >= 15 is 0 Å². The summed E-state index contributed by atoms with van der Waals surface area (Å²) < 4.78 is 34.4. The number of methoxy groups -OCH3 is 4. The summed E-state index contributed by atoms with van der Waals surface area (Å²) in [7, 11) is 7.64. The van der Waals surface area contributed by atoms with Gasteiger partial charge < -0.3 is 49.7 Å². The van der Waals surface area contributed by atoms with Gasteiger partial charge in [-0.05, 0) is 18.2 Å². The molecule has 4 aliphatic rings. The number of hydrogen-bond donors (Lipinski definition) is 5. The molecule has 8 heterocycles. The van der Waals surface area contributed by atoms with Crippen molar-refractivity contribution in [3.63, 3.8) is 0 Å². The van der Waals surface area contributed by atoms with Gasteiger partial charge in [0, 0.05) is 60.7 Å². The van der Waals surface area contributed by atoms with Gasteiger partial charge in [-0.1, -0.05) is 59.6 Å². The number of carbonyl (C=O) groups is 4. The fourth-order valence-corrected chi connectivity index (χ4v) is 10.6. The minimum atomic E-state index is -0.438. The van der Waals surface area contributed by atoms with Crippen LogP contribution in [0.4, 0.5) is 44.5 Å². The van der Waals surface area contributed by atoms with E-state index in [1.807, 2.05) is 6.07 Å². The molecule has 10 rings (SSSR count). The van der Waals surface area contributed by atoms with Gasteiger partial charge >= 0.3 is 12.1 Å². The van der Waals surface area contributed by atoms with E-state index in [0.717, 1.165) is 5.56 Å². The number of fused-ring (bicyclic) bond motifs is 2. The third-order valence-corrected chi connectivity index (χ3v) is 14.7. The smallest absolute Gasteiger partial charge is 0.330 e. The topological polar surface area (TPSA) is 283 Å². The number of amides is 6. The first kappa shape index (κ1) is 57.5. The Morgan fingerprint density at radius 3 is 1.49 bits per heavy atom. The minimum Gasteiger partial charge on any atom is -0.495 e. The summed E-state index contributed by atoms with van der Waals surface area (Å²) in [5, 5.41) is 23.9. The Morgan fingerprint density at radius 1 is 0.679 bits per heavy atom. The predicted octanol–water partition coefficient (Wildman–Crippen LogP) is 6.31. The number of rotatable bonds is 18. The zero-order valence-corrected chi connectivity index (χ0v) is 47.2. The van der Waals surface area contributed by atoms with Crippen LogP contribution in [-0.2, 0) is 52.3 Å². The average Bonchev–Trinajstić information content (AvgIpc) is 4.44. The summed E-state index contributed by atoms with van der Waals surface area (Å²) in [5.74, 6) is 1.89. The standard InChI is InChI=1S/C26H28Cl2N8O5.C25H26Cl2N8O5/c1-5-20(37)30-16-12-41-13-17(16)31-25-29-9-14-10-35(23-21(27)18(39-3)8-19(40-4)22(23)28)26(38)36(24(14)32-25)11-15-6-7-34(2)33-15;1-4-19(36)31-15-11-40-12-16(15)32-24-28-8-14-10-34(22-20(26)17(38-2)5-18(39-3)21(22)27)25(37)35(23(14)33-24)9-13-6-29-30-7-13/h5-9,16-17H,1,10-13H2,2-4H3,(H,30,37)(H,29,31,32);4-8,15-16H,1,9-12H2,2-3H3,(H,29,30)(H,31,36)(H,28,32,33). The minimum absolute atomic E-state index is 0.0769. The number of carbonyl (C=O) groups excluding carboxylic acids is 4. The Balaban J connectivity index is 0.000000196. The van der Waals surface area contributed by atoms with E-state index in [0.29, 0.717) is 77.9 Å². The quantitative estimate of drug-likeness (QED) is 0.0589. The Labute approximate surface area is 483 Å². The Hall–Kier alpha value is -8.14. The molecule has 4 aliphatic heterocycles. The normalized spacial score (nSPS) is 18.3. The molecule has 5 N–H and O–H groups in total. The van der Waals surface area contributed by atoms with E-state index in [4.69, 9.17) is 79.8 Å². The van der Waals surface area contributed by atoms with Crippen molar-refractivity contribution in [2.75, 3.05) is 85.1 Å². The van der Waals surface area contributed by atoms with Crippen molar-refractivity contribution in [2.45, 2.75) is 50.3 Å². The largest absolute Gasteiger partial charge is 0.495 e. The number of hydrogen-bond acceptors (Lipinski definition) is 18. The van der Waals surface area contributed by atoms with E-state index in [2.05, 4.69) is 64.7 Å². The third-order valence-electron chi connectivity index (χ3n) is 13.2. The lowest BCUT2D eigenvalue weighted by atomic mass is 10.1. The van der Waals surface area contributed by atoms with Crippen LogP contribution in [0.15, 0.2) is 74.5 Å². The number of aromatic nitrogens is 8. The Bertz CT molecular complexity index is 3320. The SMILES string of the molecule is C=CC(=O)NC1COCC1Nc1ncc2c(n1)N(Cc1ccn(C)n1)C(=O)N(c1c(Cl)c(OC)cc(OC)c1Cl)C2.C=CC(=O)NC1COCC1Nc1ncc2c(n1)N(Cc1cn[nH]c1)C(=O)N(c1c(Cl)c(OC)cc(OC)c1Cl)C2. The van der Waals surface area contributed by atoms with Gasteiger partial charge in [-0.25, -0.2) is 19.6 Å². The summed E-state index contributed by atoms with van der Waals surface area (Å²) in [6.07, 6.45) is 10.7. The van der Waals surface area contributed by atoms with Gasteiger partial charge in [-0.2, -0.15) is 20.2 Å². The van der Waals surface area contributed by atoms with E-state index in [9.17, 15) is 19.2 Å². The molecule has 0 saturated carbocycles. The summed E-state index contributed by atoms with van der Waals surface area (Å²) in [6.45, 7) is 8.72. The number of aromatic amines is 1. The first-order valence-electron chi connectivity index (χ1n) is 24.7. The zero-order chi connectivity index (χ0) is 57.6. The third kappa shape index (κ3) is 12.2. The molecule has 6 aromatic rings. The lowest BCUT2D eigenvalue weighted by Gasteiger charge is -2.37. The molecule has 0 radical (unpaired) electrons. The zero-order valence-electron chi connectivity index (χ0n) is 44.2. The van der Waals surface area contributed by atoms with Crippen molar-refractivity contribution in [3.8, 4) is 23.0 Å². The van der Waals surface area contributed by atoms with Crippen LogP contribution in [0, 0.1) is 0 Å². The van der Waals surface area contributed by atoms with Gasteiger partial charge in [0.2, 0.25) is 23.7 Å². The van der Waals surface area contributed by atoms with Crippen molar-refractivity contribution in [1.82, 2.24) is 50.5 Å². The van der Waals surface area contributed by atoms with Crippen LogP contribution in [0.25, 0.3) is 0 Å². The highest BCUT2D eigenvalue weighted by molar-refractivity contribution is 6.43. The van der Waals surface area contributed by atoms with Crippen LogP contribution in [0.5, 0.6) is 23.0 Å². The first-order chi connectivity index (χ1) is 39.1. The van der Waals surface area contributed by atoms with E-state index in [1.54, 1.807) is 54.8 Å². The van der Waals surface area contributed by atoms with Crippen LogP contribution in [0.3, 0.4) is 0 Å². The Kier molecular flexibility index (Phi) is 17.8. The average molecular weight is 1190 g/mol.